The highest BCUT2D eigenvalue weighted by Crippen LogP contribution is 2.18. The van der Waals surface area contributed by atoms with E-state index in [-0.39, 0.29) is 18.4 Å². The highest BCUT2D eigenvalue weighted by Gasteiger charge is 2.29. The number of benzene rings is 2. The second-order valence-corrected chi connectivity index (χ2v) is 8.20. The van der Waals surface area contributed by atoms with E-state index in [1.807, 2.05) is 64.1 Å². The van der Waals surface area contributed by atoms with Crippen LogP contribution < -0.4 is 10.1 Å². The lowest BCUT2D eigenvalue weighted by Gasteiger charge is -2.31. The maximum Gasteiger partial charge on any atom is 0.261 e. The van der Waals surface area contributed by atoms with Crippen molar-refractivity contribution in [3.05, 3.63) is 64.7 Å². The number of halogens is 1. The lowest BCUT2D eigenvalue weighted by molar-refractivity contribution is -0.143. The summed E-state index contributed by atoms with van der Waals surface area (Å²) in [5.74, 6) is 0.606. The summed E-state index contributed by atoms with van der Waals surface area (Å²) in [6.07, 6.45) is 0.508. The molecule has 2 aromatic carbocycles. The quantitative estimate of drug-likeness (QED) is 0.598. The molecule has 162 valence electrons. The van der Waals surface area contributed by atoms with Crippen molar-refractivity contribution in [2.45, 2.75) is 46.7 Å². The normalized spacial score (nSPS) is 11.8. The molecule has 0 fully saturated rings. The van der Waals surface area contributed by atoms with E-state index in [1.54, 1.807) is 17.0 Å². The average molecular weight is 431 g/mol. The van der Waals surface area contributed by atoms with E-state index < -0.39 is 6.04 Å². The molecule has 5 nitrogen and oxygen atoms in total. The Morgan fingerprint density at radius 1 is 1.10 bits per heavy atom. The summed E-state index contributed by atoms with van der Waals surface area (Å²) in [4.78, 5) is 27.6. The largest absolute Gasteiger partial charge is 0.484 e. The van der Waals surface area contributed by atoms with E-state index >= 15 is 0 Å². The van der Waals surface area contributed by atoms with E-state index in [0.717, 1.165) is 11.1 Å². The molecule has 0 aromatic heterocycles. The molecular weight excluding hydrogens is 400 g/mol. The molecule has 0 spiro atoms. The molecule has 0 aliphatic carbocycles. The summed E-state index contributed by atoms with van der Waals surface area (Å²) in [6.45, 7) is 8.65. The van der Waals surface area contributed by atoms with Crippen molar-refractivity contribution < 1.29 is 14.3 Å². The number of rotatable bonds is 10. The van der Waals surface area contributed by atoms with Crippen LogP contribution in [0.4, 0.5) is 0 Å². The zero-order chi connectivity index (χ0) is 22.1. The van der Waals surface area contributed by atoms with Gasteiger partial charge in [-0.25, -0.2) is 0 Å². The van der Waals surface area contributed by atoms with Crippen molar-refractivity contribution in [2.75, 3.05) is 13.2 Å². The van der Waals surface area contributed by atoms with Gasteiger partial charge >= 0.3 is 0 Å². The van der Waals surface area contributed by atoms with Crippen LogP contribution >= 0.6 is 11.6 Å². The van der Waals surface area contributed by atoms with Crippen LogP contribution in [0.3, 0.4) is 0 Å². The topological polar surface area (TPSA) is 58.6 Å². The number of para-hydroxylation sites is 1. The monoisotopic (exact) mass is 430 g/mol. The fraction of sp³-hybridized carbons (Fsp3) is 0.417. The number of ether oxygens (including phenoxy) is 1. The number of amides is 2. The van der Waals surface area contributed by atoms with E-state index in [9.17, 15) is 9.59 Å². The first kappa shape index (κ1) is 23.7. The first-order chi connectivity index (χ1) is 14.3. The van der Waals surface area contributed by atoms with Gasteiger partial charge in [-0.05, 0) is 48.6 Å². The SMILES string of the molecule is CCC(C(=O)NCC(C)C)N(Cc1ccc(Cl)cc1)C(=O)COc1ccccc1C. The molecule has 0 bridgehead atoms. The number of aryl methyl sites for hydroxylation is 1. The molecular formula is C24H31ClN2O3. The Hall–Kier alpha value is -2.53. The molecule has 0 saturated heterocycles. The number of nitrogens with zero attached hydrogens (tertiary/aromatic N) is 1. The van der Waals surface area contributed by atoms with Crippen molar-refractivity contribution in [1.82, 2.24) is 10.2 Å². The molecule has 1 unspecified atom stereocenters. The minimum absolute atomic E-state index is 0.133. The fourth-order valence-electron chi connectivity index (χ4n) is 3.07. The lowest BCUT2D eigenvalue weighted by Crippen LogP contribution is -2.50. The van der Waals surface area contributed by atoms with E-state index in [0.29, 0.717) is 36.2 Å². The summed E-state index contributed by atoms with van der Waals surface area (Å²) in [5, 5.41) is 3.58. The molecule has 0 aliphatic rings. The molecule has 1 N–H and O–H groups in total. The molecule has 0 heterocycles. The van der Waals surface area contributed by atoms with Crippen molar-refractivity contribution in [2.24, 2.45) is 5.92 Å². The minimum atomic E-state index is -0.576. The third-order valence-electron chi connectivity index (χ3n) is 4.78. The van der Waals surface area contributed by atoms with Crippen molar-refractivity contribution >= 4 is 23.4 Å². The molecule has 0 saturated carbocycles. The average Bonchev–Trinajstić information content (AvgIpc) is 2.72. The minimum Gasteiger partial charge on any atom is -0.484 e. The number of nitrogens with one attached hydrogen (secondary N) is 1. The smallest absolute Gasteiger partial charge is 0.261 e. The Balaban J connectivity index is 2.19. The first-order valence-electron chi connectivity index (χ1n) is 10.3. The van der Waals surface area contributed by atoms with E-state index in [1.165, 1.54) is 0 Å². The zero-order valence-corrected chi connectivity index (χ0v) is 18.9. The number of hydrogen-bond donors (Lipinski definition) is 1. The third-order valence-corrected chi connectivity index (χ3v) is 5.03. The summed E-state index contributed by atoms with van der Waals surface area (Å²) >= 11 is 5.99. The number of hydrogen-bond acceptors (Lipinski definition) is 3. The van der Waals surface area contributed by atoms with Gasteiger partial charge in [0.2, 0.25) is 5.91 Å². The highest BCUT2D eigenvalue weighted by atomic mass is 35.5. The summed E-state index contributed by atoms with van der Waals surface area (Å²) < 4.78 is 5.76. The maximum absolute atomic E-state index is 13.1. The number of carbonyl (C=O) groups excluding carboxylic acids is 2. The molecule has 1 atom stereocenters. The molecule has 0 aliphatic heterocycles. The van der Waals surface area contributed by atoms with Crippen LogP contribution in [0.2, 0.25) is 5.02 Å². The van der Waals surface area contributed by atoms with Gasteiger partial charge in [0.15, 0.2) is 6.61 Å². The second kappa shape index (κ2) is 11.6. The third kappa shape index (κ3) is 7.06. The van der Waals surface area contributed by atoms with Crippen molar-refractivity contribution in [3.8, 4) is 5.75 Å². The van der Waals surface area contributed by atoms with Gasteiger partial charge in [-0.3, -0.25) is 9.59 Å². The second-order valence-electron chi connectivity index (χ2n) is 7.77. The van der Waals surface area contributed by atoms with Crippen molar-refractivity contribution in [3.63, 3.8) is 0 Å². The van der Waals surface area contributed by atoms with Crippen molar-refractivity contribution in [1.29, 1.82) is 0 Å². The van der Waals surface area contributed by atoms with Gasteiger partial charge in [0.25, 0.3) is 5.91 Å². The van der Waals surface area contributed by atoms with Crippen LogP contribution in [0.15, 0.2) is 48.5 Å². The summed E-state index contributed by atoms with van der Waals surface area (Å²) in [7, 11) is 0. The van der Waals surface area contributed by atoms with E-state index in [4.69, 9.17) is 16.3 Å². The Bertz CT molecular complexity index is 837. The lowest BCUT2D eigenvalue weighted by atomic mass is 10.1. The maximum atomic E-state index is 13.1. The van der Waals surface area contributed by atoms with Gasteiger partial charge < -0.3 is 15.0 Å². The molecule has 2 aromatic rings. The first-order valence-corrected chi connectivity index (χ1v) is 10.7. The molecule has 30 heavy (non-hydrogen) atoms. The number of carbonyl (C=O) groups is 2. The van der Waals surface area contributed by atoms with Gasteiger partial charge in [0, 0.05) is 18.1 Å². The predicted molar refractivity (Wildman–Crippen MR) is 121 cm³/mol. The van der Waals surface area contributed by atoms with Gasteiger partial charge in [0.1, 0.15) is 11.8 Å². The van der Waals surface area contributed by atoms with Crippen LogP contribution in [-0.4, -0.2) is 35.9 Å². The van der Waals surface area contributed by atoms with Gasteiger partial charge in [-0.15, -0.1) is 0 Å². The van der Waals surface area contributed by atoms with Crippen LogP contribution in [-0.2, 0) is 16.1 Å². The molecule has 2 amide bonds. The Morgan fingerprint density at radius 2 is 1.77 bits per heavy atom. The molecule has 6 heteroatoms. The standard InChI is InChI=1S/C24H31ClN2O3/c1-5-21(24(29)26-14-17(2)3)27(15-19-10-12-20(25)13-11-19)23(28)16-30-22-9-7-6-8-18(22)4/h6-13,17,21H,5,14-16H2,1-4H3,(H,26,29). The Morgan fingerprint density at radius 3 is 2.37 bits per heavy atom. The molecule has 2 rings (SSSR count). The van der Waals surface area contributed by atoms with Crippen LogP contribution in [0, 0.1) is 12.8 Å². The Kier molecular flexibility index (Phi) is 9.18. The fourth-order valence-corrected chi connectivity index (χ4v) is 3.20. The summed E-state index contributed by atoms with van der Waals surface area (Å²) in [5.41, 5.74) is 1.86. The summed E-state index contributed by atoms with van der Waals surface area (Å²) in [6, 6.07) is 14.3. The van der Waals surface area contributed by atoms with Gasteiger partial charge in [0.05, 0.1) is 0 Å². The zero-order valence-electron chi connectivity index (χ0n) is 18.2. The van der Waals surface area contributed by atoms with Gasteiger partial charge in [-0.1, -0.05) is 62.7 Å². The van der Waals surface area contributed by atoms with Gasteiger partial charge in [-0.2, -0.15) is 0 Å². The molecule has 0 radical (unpaired) electrons. The highest BCUT2D eigenvalue weighted by molar-refractivity contribution is 6.30. The van der Waals surface area contributed by atoms with E-state index in [2.05, 4.69) is 5.32 Å². The van der Waals surface area contributed by atoms with Crippen LogP contribution in [0.1, 0.15) is 38.3 Å². The Labute approximate surface area is 184 Å². The van der Waals surface area contributed by atoms with Crippen LogP contribution in [0.25, 0.3) is 0 Å². The van der Waals surface area contributed by atoms with Crippen LogP contribution in [0.5, 0.6) is 5.75 Å². The predicted octanol–water partition coefficient (Wildman–Crippen LogP) is 4.61.